The van der Waals surface area contributed by atoms with Crippen LogP contribution in [0.4, 0.5) is 0 Å². The summed E-state index contributed by atoms with van der Waals surface area (Å²) in [4.78, 5) is 71.7. The van der Waals surface area contributed by atoms with E-state index in [1.807, 2.05) is 0 Å². The Balaban J connectivity index is 3.02. The normalized spacial score (nSPS) is 13.8. The fraction of sp³-hybridized carbons (Fsp3) is 0.591. The Hall–Kier alpha value is -4.25. The molecule has 0 aliphatic rings. The van der Waals surface area contributed by atoms with Crippen molar-refractivity contribution in [2.24, 2.45) is 27.9 Å². The number of aromatic nitrogens is 2. The highest BCUT2D eigenvalue weighted by molar-refractivity contribution is 5.94. The molecule has 0 aliphatic heterocycles. The van der Waals surface area contributed by atoms with E-state index in [0.29, 0.717) is 25.1 Å². The van der Waals surface area contributed by atoms with Gasteiger partial charge in [0.2, 0.25) is 17.7 Å². The van der Waals surface area contributed by atoms with Gasteiger partial charge in [0, 0.05) is 24.9 Å². The van der Waals surface area contributed by atoms with Crippen molar-refractivity contribution in [1.29, 1.82) is 0 Å². The molecule has 0 saturated carbocycles. The van der Waals surface area contributed by atoms with Crippen molar-refractivity contribution in [1.82, 2.24) is 25.9 Å². The number of carbonyl (C=O) groups is 5. The molecule has 0 radical (unpaired) electrons. The van der Waals surface area contributed by atoms with Crippen LogP contribution in [0.2, 0.25) is 0 Å². The molecule has 0 fully saturated rings. The first-order valence-electron chi connectivity index (χ1n) is 12.3. The van der Waals surface area contributed by atoms with Crippen LogP contribution in [0.15, 0.2) is 17.5 Å². The van der Waals surface area contributed by atoms with E-state index in [1.165, 1.54) is 12.5 Å². The molecular formula is C22H38N10O7. The number of carboxylic acid groups (broad SMARTS) is 2. The average molecular weight is 555 g/mol. The summed E-state index contributed by atoms with van der Waals surface area (Å²) >= 11 is 0. The van der Waals surface area contributed by atoms with Crippen molar-refractivity contribution in [3.8, 4) is 0 Å². The average Bonchev–Trinajstić information content (AvgIpc) is 3.37. The number of amides is 3. The highest BCUT2D eigenvalue weighted by Crippen LogP contribution is 2.07. The number of aromatic amines is 1. The van der Waals surface area contributed by atoms with Gasteiger partial charge in [0.1, 0.15) is 18.1 Å². The van der Waals surface area contributed by atoms with Crippen LogP contribution in [0.25, 0.3) is 0 Å². The second kappa shape index (κ2) is 17.3. The fourth-order valence-electron chi connectivity index (χ4n) is 3.46. The minimum atomic E-state index is -1.73. The van der Waals surface area contributed by atoms with E-state index >= 15 is 0 Å². The van der Waals surface area contributed by atoms with Crippen LogP contribution in [0, 0.1) is 0 Å². The summed E-state index contributed by atoms with van der Waals surface area (Å²) in [7, 11) is 0. The molecule has 39 heavy (non-hydrogen) atoms. The van der Waals surface area contributed by atoms with E-state index in [-0.39, 0.29) is 38.2 Å². The molecule has 1 aromatic heterocycles. The summed E-state index contributed by atoms with van der Waals surface area (Å²) in [5, 5.41) is 25.5. The molecule has 1 rings (SSSR count). The number of imidazole rings is 1. The third-order valence-electron chi connectivity index (χ3n) is 5.48. The van der Waals surface area contributed by atoms with Gasteiger partial charge in [-0.1, -0.05) is 0 Å². The predicted molar refractivity (Wildman–Crippen MR) is 139 cm³/mol. The zero-order valence-corrected chi connectivity index (χ0v) is 21.5. The van der Waals surface area contributed by atoms with E-state index in [0.717, 1.165) is 0 Å². The Morgan fingerprint density at radius 2 is 1.51 bits per heavy atom. The van der Waals surface area contributed by atoms with E-state index in [1.54, 1.807) is 0 Å². The Bertz CT molecular complexity index is 982. The lowest BCUT2D eigenvalue weighted by Crippen LogP contribution is -2.57. The molecule has 0 saturated heterocycles. The molecule has 0 aromatic carbocycles. The first-order chi connectivity index (χ1) is 18.4. The second-order valence-corrected chi connectivity index (χ2v) is 8.74. The standard InChI is InChI=1S/C22H38N10O7/c23-6-2-1-4-14(30-18(35)13(24)8-12-10-27-11-29-12)19(36)31-15(5-3-7-28-22(25)26)20(37)32-16(21(38)39)9-17(33)34/h10-11,13-16H,1-9,23-24H2,(H,27,29)(H,30,35)(H,31,36)(H,32,37)(H,33,34)(H,38,39)(H4,25,26,28). The molecule has 4 unspecified atom stereocenters. The number of H-pyrrole nitrogens is 1. The number of guanidine groups is 1. The third kappa shape index (κ3) is 13.2. The van der Waals surface area contributed by atoms with Gasteiger partial charge < -0.3 is 54.1 Å². The molecule has 0 spiro atoms. The largest absolute Gasteiger partial charge is 0.481 e. The van der Waals surface area contributed by atoms with Crippen LogP contribution in [0.5, 0.6) is 0 Å². The maximum Gasteiger partial charge on any atom is 0.326 e. The predicted octanol–water partition coefficient (Wildman–Crippen LogP) is -3.52. The molecule has 14 N–H and O–H groups in total. The molecule has 1 heterocycles. The minimum absolute atomic E-state index is 0.0173. The van der Waals surface area contributed by atoms with Crippen LogP contribution in [0.1, 0.15) is 44.2 Å². The molecule has 4 atom stereocenters. The molecular weight excluding hydrogens is 516 g/mol. The molecule has 0 aliphatic carbocycles. The lowest BCUT2D eigenvalue weighted by molar-refractivity contribution is -0.147. The Kier molecular flexibility index (Phi) is 14.5. The van der Waals surface area contributed by atoms with Gasteiger partial charge >= 0.3 is 11.9 Å². The fourth-order valence-corrected chi connectivity index (χ4v) is 3.46. The van der Waals surface area contributed by atoms with Crippen molar-refractivity contribution in [3.63, 3.8) is 0 Å². The van der Waals surface area contributed by atoms with Crippen molar-refractivity contribution in [2.45, 2.75) is 69.1 Å². The van der Waals surface area contributed by atoms with Gasteiger partial charge in [0.15, 0.2) is 5.96 Å². The molecule has 218 valence electrons. The molecule has 17 heteroatoms. The Morgan fingerprint density at radius 3 is 2.03 bits per heavy atom. The van der Waals surface area contributed by atoms with Crippen LogP contribution in [-0.2, 0) is 30.4 Å². The van der Waals surface area contributed by atoms with E-state index in [4.69, 9.17) is 28.0 Å². The summed E-state index contributed by atoms with van der Waals surface area (Å²) in [6.07, 6.45) is 3.64. The summed E-state index contributed by atoms with van der Waals surface area (Å²) in [6, 6.07) is -5.09. The molecule has 1 aromatic rings. The van der Waals surface area contributed by atoms with Crippen molar-refractivity contribution >= 4 is 35.6 Å². The number of aliphatic carboxylic acids is 2. The minimum Gasteiger partial charge on any atom is -0.481 e. The van der Waals surface area contributed by atoms with Gasteiger partial charge in [-0.3, -0.25) is 24.2 Å². The zero-order chi connectivity index (χ0) is 29.4. The molecule has 0 bridgehead atoms. The van der Waals surface area contributed by atoms with E-state index in [2.05, 4.69) is 30.9 Å². The number of nitrogens with two attached hydrogens (primary N) is 4. The van der Waals surface area contributed by atoms with Crippen LogP contribution >= 0.6 is 0 Å². The number of hydrogen-bond acceptors (Lipinski definition) is 9. The second-order valence-electron chi connectivity index (χ2n) is 8.74. The van der Waals surface area contributed by atoms with Gasteiger partial charge in [-0.25, -0.2) is 9.78 Å². The monoisotopic (exact) mass is 554 g/mol. The maximum absolute atomic E-state index is 13.2. The number of hydrogen-bond donors (Lipinski definition) is 10. The Morgan fingerprint density at radius 1 is 0.923 bits per heavy atom. The third-order valence-corrected chi connectivity index (χ3v) is 5.48. The highest BCUT2D eigenvalue weighted by Gasteiger charge is 2.31. The summed E-state index contributed by atoms with van der Waals surface area (Å²) in [5.41, 5.74) is 22.7. The number of aliphatic imine (C=N–C) groups is 1. The smallest absolute Gasteiger partial charge is 0.326 e. The van der Waals surface area contributed by atoms with Crippen molar-refractivity contribution in [2.75, 3.05) is 13.1 Å². The number of nitrogens with one attached hydrogen (secondary N) is 4. The van der Waals surface area contributed by atoms with Gasteiger partial charge in [0.25, 0.3) is 0 Å². The number of carbonyl (C=O) groups excluding carboxylic acids is 3. The van der Waals surface area contributed by atoms with E-state index in [9.17, 15) is 29.1 Å². The topological polar surface area (TPSA) is 307 Å². The van der Waals surface area contributed by atoms with Gasteiger partial charge in [0.05, 0.1) is 18.8 Å². The van der Waals surface area contributed by atoms with Crippen LogP contribution in [0.3, 0.4) is 0 Å². The Labute approximate surface area is 224 Å². The maximum atomic E-state index is 13.2. The number of unbranched alkanes of at least 4 members (excludes halogenated alkanes) is 1. The highest BCUT2D eigenvalue weighted by atomic mass is 16.4. The van der Waals surface area contributed by atoms with Gasteiger partial charge in [-0.2, -0.15) is 0 Å². The summed E-state index contributed by atoms with van der Waals surface area (Å²) in [6.45, 7) is 0.468. The first-order valence-corrected chi connectivity index (χ1v) is 12.3. The van der Waals surface area contributed by atoms with Gasteiger partial charge in [-0.05, 0) is 38.6 Å². The zero-order valence-electron chi connectivity index (χ0n) is 21.5. The molecule has 3 amide bonds. The summed E-state index contributed by atoms with van der Waals surface area (Å²) in [5.74, 6) is -5.44. The lowest BCUT2D eigenvalue weighted by Gasteiger charge is -2.25. The van der Waals surface area contributed by atoms with Crippen LogP contribution < -0.4 is 38.9 Å². The first kappa shape index (κ1) is 32.8. The molecule has 17 nitrogen and oxygen atoms in total. The quantitative estimate of drug-likeness (QED) is 0.0452. The SMILES string of the molecule is NCCCCC(NC(=O)C(N)Cc1cnc[nH]1)C(=O)NC(CCCN=C(N)N)C(=O)NC(CC(=O)O)C(=O)O. The number of carboxylic acids is 2. The van der Waals surface area contributed by atoms with Crippen molar-refractivity contribution < 1.29 is 34.2 Å². The number of rotatable bonds is 19. The van der Waals surface area contributed by atoms with E-state index < -0.39 is 60.2 Å². The number of nitrogens with zero attached hydrogens (tertiary/aromatic N) is 2. The lowest BCUT2D eigenvalue weighted by atomic mass is 10.0. The van der Waals surface area contributed by atoms with Crippen molar-refractivity contribution in [3.05, 3.63) is 18.2 Å². The van der Waals surface area contributed by atoms with Gasteiger partial charge in [-0.15, -0.1) is 0 Å². The van der Waals surface area contributed by atoms with Crippen LogP contribution in [-0.4, -0.2) is 93.1 Å². The summed E-state index contributed by atoms with van der Waals surface area (Å²) < 4.78 is 0.